The number of hydrogen-bond acceptors (Lipinski definition) is 4. The van der Waals surface area contributed by atoms with Gasteiger partial charge >= 0.3 is 0 Å². The molecule has 1 N–H and O–H groups in total. The Morgan fingerprint density at radius 2 is 1.95 bits per heavy atom. The molecule has 7 heteroatoms. The predicted molar refractivity (Wildman–Crippen MR) is 78.9 cm³/mol. The van der Waals surface area contributed by atoms with Gasteiger partial charge in [-0.25, -0.2) is 13.4 Å². The van der Waals surface area contributed by atoms with Crippen LogP contribution in [0.5, 0.6) is 0 Å². The van der Waals surface area contributed by atoms with E-state index in [-0.39, 0.29) is 10.8 Å². The Morgan fingerprint density at radius 3 is 2.70 bits per heavy atom. The van der Waals surface area contributed by atoms with E-state index in [4.69, 9.17) is 0 Å². The van der Waals surface area contributed by atoms with Crippen molar-refractivity contribution in [1.82, 2.24) is 15.2 Å². The molecule has 0 aliphatic rings. The maximum atomic E-state index is 12.5. The van der Waals surface area contributed by atoms with Crippen LogP contribution in [-0.4, -0.2) is 23.6 Å². The van der Waals surface area contributed by atoms with Crippen molar-refractivity contribution in [3.63, 3.8) is 0 Å². The largest absolute Gasteiger partial charge is 0.265 e. The van der Waals surface area contributed by atoms with Crippen LogP contribution >= 0.6 is 15.9 Å². The number of aromatic amines is 1. The zero-order valence-electron chi connectivity index (χ0n) is 10.2. The van der Waals surface area contributed by atoms with Gasteiger partial charge in [0.25, 0.3) is 0 Å². The normalized spacial score (nSPS) is 11.8. The van der Waals surface area contributed by atoms with Crippen molar-refractivity contribution in [1.29, 1.82) is 0 Å². The van der Waals surface area contributed by atoms with E-state index in [2.05, 4.69) is 31.1 Å². The molecule has 2 heterocycles. The molecule has 0 atom stereocenters. The predicted octanol–water partition coefficient (Wildman–Crippen LogP) is 2.69. The fourth-order valence-electron chi connectivity index (χ4n) is 1.96. The molecule has 3 rings (SSSR count). The zero-order valence-corrected chi connectivity index (χ0v) is 12.6. The van der Waals surface area contributed by atoms with Crippen LogP contribution in [-0.2, 0) is 15.6 Å². The minimum Gasteiger partial charge on any atom is -0.265 e. The number of aromatic nitrogens is 3. The number of nitrogens with zero attached hydrogens (tertiary/aromatic N) is 2. The number of fused-ring (bicyclic) bond motifs is 1. The SMILES string of the molecule is O=S(=O)(Cc1ccccc1)c1[nH]nc2ncc(Br)cc12. The summed E-state index contributed by atoms with van der Waals surface area (Å²) < 4.78 is 25.7. The molecule has 0 amide bonds. The molecule has 1 aromatic carbocycles. The zero-order chi connectivity index (χ0) is 14.2. The minimum atomic E-state index is -3.49. The van der Waals surface area contributed by atoms with Gasteiger partial charge in [0.2, 0.25) is 0 Å². The number of halogens is 1. The highest BCUT2D eigenvalue weighted by Crippen LogP contribution is 2.24. The summed E-state index contributed by atoms with van der Waals surface area (Å²) >= 11 is 3.29. The lowest BCUT2D eigenvalue weighted by molar-refractivity contribution is 0.592. The number of H-pyrrole nitrogens is 1. The minimum absolute atomic E-state index is 0.0718. The molecule has 0 spiro atoms. The van der Waals surface area contributed by atoms with E-state index in [0.29, 0.717) is 15.5 Å². The summed E-state index contributed by atoms with van der Waals surface area (Å²) in [7, 11) is -3.49. The van der Waals surface area contributed by atoms with Crippen LogP contribution in [0, 0.1) is 0 Å². The maximum absolute atomic E-state index is 12.5. The average Bonchev–Trinajstić information content (AvgIpc) is 2.83. The first-order valence-corrected chi connectivity index (χ1v) is 8.27. The van der Waals surface area contributed by atoms with Crippen LogP contribution in [0.1, 0.15) is 5.56 Å². The van der Waals surface area contributed by atoms with Crippen molar-refractivity contribution in [2.24, 2.45) is 0 Å². The van der Waals surface area contributed by atoms with E-state index in [0.717, 1.165) is 5.56 Å². The first-order valence-electron chi connectivity index (χ1n) is 5.82. The van der Waals surface area contributed by atoms with E-state index in [1.165, 1.54) is 0 Å². The maximum Gasteiger partial charge on any atom is 0.199 e. The Bertz CT molecular complexity index is 860. The lowest BCUT2D eigenvalue weighted by atomic mass is 10.2. The molecular formula is C13H10BrN3O2S. The van der Waals surface area contributed by atoms with Crippen molar-refractivity contribution in [3.05, 3.63) is 52.6 Å². The second kappa shape index (κ2) is 4.99. The molecule has 102 valence electrons. The van der Waals surface area contributed by atoms with Gasteiger partial charge < -0.3 is 0 Å². The van der Waals surface area contributed by atoms with E-state index in [1.807, 2.05) is 18.2 Å². The summed E-state index contributed by atoms with van der Waals surface area (Å²) in [6, 6.07) is 10.7. The Morgan fingerprint density at radius 1 is 1.20 bits per heavy atom. The van der Waals surface area contributed by atoms with Gasteiger partial charge in [0.05, 0.1) is 11.1 Å². The van der Waals surface area contributed by atoms with Crippen LogP contribution in [0.15, 0.2) is 52.1 Å². The molecule has 0 aliphatic carbocycles. The standard InChI is InChI=1S/C13H10BrN3O2S/c14-10-6-11-12(15-7-10)16-17-13(11)20(18,19)8-9-4-2-1-3-5-9/h1-7H,8H2,(H,15,16,17). The number of hydrogen-bond donors (Lipinski definition) is 1. The van der Waals surface area contributed by atoms with Gasteiger partial charge in [-0.15, -0.1) is 0 Å². The van der Waals surface area contributed by atoms with Crippen LogP contribution < -0.4 is 0 Å². The molecule has 3 aromatic rings. The second-order valence-corrected chi connectivity index (χ2v) is 7.16. The third-order valence-corrected chi connectivity index (χ3v) is 4.93. The molecular weight excluding hydrogens is 342 g/mol. The highest BCUT2D eigenvalue weighted by atomic mass is 79.9. The Balaban J connectivity index is 2.08. The van der Waals surface area contributed by atoms with E-state index in [9.17, 15) is 8.42 Å². The fourth-order valence-corrected chi connectivity index (χ4v) is 3.73. The second-order valence-electron chi connectivity index (χ2n) is 4.32. The van der Waals surface area contributed by atoms with Gasteiger partial charge in [-0.3, -0.25) is 5.10 Å². The van der Waals surface area contributed by atoms with Gasteiger partial charge in [-0.1, -0.05) is 30.3 Å². The van der Waals surface area contributed by atoms with Crippen molar-refractivity contribution in [3.8, 4) is 0 Å². The first-order chi connectivity index (χ1) is 9.56. The lowest BCUT2D eigenvalue weighted by Crippen LogP contribution is -2.06. The molecule has 0 bridgehead atoms. The highest BCUT2D eigenvalue weighted by Gasteiger charge is 2.21. The topological polar surface area (TPSA) is 75.7 Å². The van der Waals surface area contributed by atoms with Crippen LogP contribution in [0.25, 0.3) is 11.0 Å². The van der Waals surface area contributed by atoms with Gasteiger partial charge in [0.15, 0.2) is 20.5 Å². The molecule has 20 heavy (non-hydrogen) atoms. The monoisotopic (exact) mass is 351 g/mol. The fraction of sp³-hybridized carbons (Fsp3) is 0.0769. The molecule has 0 fully saturated rings. The van der Waals surface area contributed by atoms with Crippen molar-refractivity contribution >= 4 is 36.8 Å². The van der Waals surface area contributed by atoms with Crippen LogP contribution in [0.3, 0.4) is 0 Å². The summed E-state index contributed by atoms with van der Waals surface area (Å²) in [5.41, 5.74) is 1.12. The van der Waals surface area contributed by atoms with E-state index in [1.54, 1.807) is 24.4 Å². The number of sulfone groups is 1. The molecule has 0 aliphatic heterocycles. The highest BCUT2D eigenvalue weighted by molar-refractivity contribution is 9.10. The first kappa shape index (κ1) is 13.3. The number of pyridine rings is 1. The molecule has 2 aromatic heterocycles. The summed E-state index contributed by atoms with van der Waals surface area (Å²) in [4.78, 5) is 4.07. The van der Waals surface area contributed by atoms with Gasteiger partial charge in [-0.05, 0) is 27.6 Å². The quantitative estimate of drug-likeness (QED) is 0.786. The molecule has 0 unspecified atom stereocenters. The van der Waals surface area contributed by atoms with Gasteiger partial charge in [0.1, 0.15) is 0 Å². The third-order valence-electron chi connectivity index (χ3n) is 2.85. The van der Waals surface area contributed by atoms with Crippen molar-refractivity contribution < 1.29 is 8.42 Å². The van der Waals surface area contributed by atoms with Gasteiger partial charge in [-0.2, -0.15) is 5.10 Å². The molecule has 0 radical (unpaired) electrons. The lowest BCUT2D eigenvalue weighted by Gasteiger charge is -2.02. The van der Waals surface area contributed by atoms with Crippen LogP contribution in [0.2, 0.25) is 0 Å². The third kappa shape index (κ3) is 2.46. The average molecular weight is 352 g/mol. The van der Waals surface area contributed by atoms with Crippen LogP contribution in [0.4, 0.5) is 0 Å². The summed E-state index contributed by atoms with van der Waals surface area (Å²) in [6.45, 7) is 0. The number of benzene rings is 1. The van der Waals surface area contributed by atoms with Gasteiger partial charge in [0, 0.05) is 10.7 Å². The molecule has 5 nitrogen and oxygen atoms in total. The van der Waals surface area contributed by atoms with E-state index < -0.39 is 9.84 Å². The molecule has 0 saturated carbocycles. The summed E-state index contributed by atoms with van der Waals surface area (Å²) in [5, 5.41) is 7.11. The smallest absolute Gasteiger partial charge is 0.199 e. The Hall–Kier alpha value is -1.73. The van der Waals surface area contributed by atoms with E-state index >= 15 is 0 Å². The Kier molecular flexibility index (Phi) is 3.31. The summed E-state index contributed by atoms with van der Waals surface area (Å²) in [6.07, 6.45) is 1.58. The number of rotatable bonds is 3. The van der Waals surface area contributed by atoms with Crippen molar-refractivity contribution in [2.45, 2.75) is 10.8 Å². The van der Waals surface area contributed by atoms with Crippen molar-refractivity contribution in [2.75, 3.05) is 0 Å². The number of nitrogens with one attached hydrogen (secondary N) is 1. The summed E-state index contributed by atoms with van der Waals surface area (Å²) in [5.74, 6) is -0.0718. The Labute approximate surface area is 124 Å². The molecule has 0 saturated heterocycles.